The van der Waals surface area contributed by atoms with Gasteiger partial charge in [-0.05, 0) is 34.1 Å². The summed E-state index contributed by atoms with van der Waals surface area (Å²) < 4.78 is 5.94. The normalized spacial score (nSPS) is 27.9. The van der Waals surface area contributed by atoms with E-state index in [4.69, 9.17) is 4.74 Å². The van der Waals surface area contributed by atoms with Gasteiger partial charge in [0.25, 0.3) is 0 Å². The van der Waals surface area contributed by atoms with Crippen LogP contribution in [0.25, 0.3) is 0 Å². The van der Waals surface area contributed by atoms with Crippen molar-refractivity contribution in [2.24, 2.45) is 0 Å². The molecule has 0 aromatic rings. The molecule has 0 fully saturated rings. The van der Waals surface area contributed by atoms with Crippen LogP contribution in [0.4, 0.5) is 0 Å². The summed E-state index contributed by atoms with van der Waals surface area (Å²) >= 11 is 0. The molecule has 1 N–H and O–H groups in total. The van der Waals surface area contributed by atoms with Gasteiger partial charge in [0.1, 0.15) is 0 Å². The van der Waals surface area contributed by atoms with Crippen LogP contribution in [0, 0.1) is 0 Å². The van der Waals surface area contributed by atoms with Crippen molar-refractivity contribution in [1.82, 2.24) is 0 Å². The average molecular weight is 236 g/mol. The lowest BCUT2D eigenvalue weighted by molar-refractivity contribution is -0.0158. The fourth-order valence-electron chi connectivity index (χ4n) is 2.08. The lowest BCUT2D eigenvalue weighted by atomic mass is 9.94. The Labute approximate surface area is 105 Å². The van der Waals surface area contributed by atoms with Crippen molar-refractivity contribution >= 4 is 0 Å². The Bertz CT molecular complexity index is 333. The van der Waals surface area contributed by atoms with Gasteiger partial charge in [-0.1, -0.05) is 29.4 Å². The lowest BCUT2D eigenvalue weighted by Crippen LogP contribution is -2.32. The zero-order valence-corrected chi connectivity index (χ0v) is 11.4. The van der Waals surface area contributed by atoms with Gasteiger partial charge < -0.3 is 9.84 Å². The number of aliphatic hydroxyl groups is 1. The van der Waals surface area contributed by atoms with Gasteiger partial charge in [-0.3, -0.25) is 0 Å². The molecule has 2 nitrogen and oxygen atoms in total. The summed E-state index contributed by atoms with van der Waals surface area (Å²) in [5.74, 6) is 0. The van der Waals surface area contributed by atoms with Gasteiger partial charge in [0, 0.05) is 6.42 Å². The van der Waals surface area contributed by atoms with E-state index < -0.39 is 5.60 Å². The van der Waals surface area contributed by atoms with E-state index in [0.29, 0.717) is 6.42 Å². The second kappa shape index (κ2) is 5.65. The molecule has 17 heavy (non-hydrogen) atoms. The maximum absolute atomic E-state index is 9.99. The second-order valence-corrected chi connectivity index (χ2v) is 5.44. The molecule has 0 radical (unpaired) electrons. The van der Waals surface area contributed by atoms with Gasteiger partial charge in [-0.2, -0.15) is 0 Å². The van der Waals surface area contributed by atoms with Crippen molar-refractivity contribution in [3.8, 4) is 0 Å². The third-order valence-corrected chi connectivity index (χ3v) is 2.92. The van der Waals surface area contributed by atoms with Crippen LogP contribution < -0.4 is 0 Å². The van der Waals surface area contributed by atoms with Crippen LogP contribution >= 0.6 is 0 Å². The van der Waals surface area contributed by atoms with E-state index in [0.717, 1.165) is 6.42 Å². The third-order valence-electron chi connectivity index (χ3n) is 2.92. The summed E-state index contributed by atoms with van der Waals surface area (Å²) in [6.07, 6.45) is 7.43. The standard InChI is InChI=1S/C15H24O2/c1-6-15(5,16)10-14-9-12(4)8-13(17-14)7-11(2)3/h6-7,9,13-14,16H,1,8,10H2,2-5H3/t13-,14-,15-/m0/s1. The van der Waals surface area contributed by atoms with Crippen LogP contribution in [-0.4, -0.2) is 22.9 Å². The van der Waals surface area contributed by atoms with Crippen LogP contribution in [0.1, 0.15) is 40.5 Å². The quantitative estimate of drug-likeness (QED) is 0.758. The average Bonchev–Trinajstić information content (AvgIpc) is 2.14. The van der Waals surface area contributed by atoms with Crippen molar-refractivity contribution < 1.29 is 9.84 Å². The molecule has 96 valence electrons. The zero-order chi connectivity index (χ0) is 13.1. The molecule has 0 bridgehead atoms. The van der Waals surface area contributed by atoms with E-state index in [2.05, 4.69) is 39.5 Å². The van der Waals surface area contributed by atoms with Crippen LogP contribution in [-0.2, 0) is 4.74 Å². The number of rotatable bonds is 4. The maximum atomic E-state index is 9.99. The van der Waals surface area contributed by atoms with Gasteiger partial charge in [0.15, 0.2) is 0 Å². The first-order valence-electron chi connectivity index (χ1n) is 6.16. The number of hydrogen-bond donors (Lipinski definition) is 1. The minimum absolute atomic E-state index is 0.0302. The Morgan fingerprint density at radius 3 is 2.82 bits per heavy atom. The number of allylic oxidation sites excluding steroid dienone is 1. The zero-order valence-electron chi connectivity index (χ0n) is 11.4. The SMILES string of the molecule is C=C[C@](C)(O)C[C@@H]1C=C(C)C[C@H](C=C(C)C)O1. The van der Waals surface area contributed by atoms with Crippen molar-refractivity contribution in [1.29, 1.82) is 0 Å². The Morgan fingerprint density at radius 1 is 1.65 bits per heavy atom. The first-order valence-corrected chi connectivity index (χ1v) is 6.16. The summed E-state index contributed by atoms with van der Waals surface area (Å²) in [6.45, 7) is 11.7. The first-order chi connectivity index (χ1) is 7.82. The maximum Gasteiger partial charge on any atom is 0.0824 e. The Kier molecular flexibility index (Phi) is 4.72. The van der Waals surface area contributed by atoms with Gasteiger partial charge in [-0.15, -0.1) is 6.58 Å². The highest BCUT2D eigenvalue weighted by Crippen LogP contribution is 2.26. The van der Waals surface area contributed by atoms with E-state index >= 15 is 0 Å². The van der Waals surface area contributed by atoms with Gasteiger partial charge in [0.05, 0.1) is 17.8 Å². The molecule has 1 rings (SSSR count). The van der Waals surface area contributed by atoms with E-state index in [9.17, 15) is 5.11 Å². The first kappa shape index (κ1) is 14.2. The fourth-order valence-corrected chi connectivity index (χ4v) is 2.08. The number of ether oxygens (including phenoxy) is 1. The summed E-state index contributed by atoms with van der Waals surface area (Å²) in [5.41, 5.74) is 1.72. The van der Waals surface area contributed by atoms with E-state index in [1.165, 1.54) is 11.1 Å². The summed E-state index contributed by atoms with van der Waals surface area (Å²) in [5, 5.41) is 9.99. The predicted octanol–water partition coefficient (Wildman–Crippen LogP) is 3.38. The third kappa shape index (κ3) is 4.88. The van der Waals surface area contributed by atoms with Crippen LogP contribution in [0.5, 0.6) is 0 Å². The highest BCUT2D eigenvalue weighted by atomic mass is 16.5. The molecule has 1 aliphatic heterocycles. The molecule has 0 unspecified atom stereocenters. The second-order valence-electron chi connectivity index (χ2n) is 5.44. The number of hydrogen-bond acceptors (Lipinski definition) is 2. The lowest BCUT2D eigenvalue weighted by Gasteiger charge is -2.31. The van der Waals surface area contributed by atoms with Crippen molar-refractivity contribution in [2.75, 3.05) is 0 Å². The minimum atomic E-state index is -0.867. The molecule has 0 aliphatic carbocycles. The molecule has 1 heterocycles. The summed E-state index contributed by atoms with van der Waals surface area (Å²) in [4.78, 5) is 0. The molecule has 0 amide bonds. The molecule has 3 atom stereocenters. The summed E-state index contributed by atoms with van der Waals surface area (Å²) in [7, 11) is 0. The molecule has 0 spiro atoms. The van der Waals surface area contributed by atoms with Gasteiger partial charge in [0.2, 0.25) is 0 Å². The molecule has 0 aromatic carbocycles. The van der Waals surface area contributed by atoms with Crippen molar-refractivity contribution in [2.45, 2.75) is 58.3 Å². The molecule has 2 heteroatoms. The van der Waals surface area contributed by atoms with Crippen LogP contribution in [0.2, 0.25) is 0 Å². The topological polar surface area (TPSA) is 29.5 Å². The monoisotopic (exact) mass is 236 g/mol. The van der Waals surface area contributed by atoms with Crippen LogP contribution in [0.15, 0.2) is 36.0 Å². The van der Waals surface area contributed by atoms with Gasteiger partial charge in [-0.25, -0.2) is 0 Å². The Morgan fingerprint density at radius 2 is 2.29 bits per heavy atom. The smallest absolute Gasteiger partial charge is 0.0824 e. The fraction of sp³-hybridized carbons (Fsp3) is 0.600. The van der Waals surface area contributed by atoms with E-state index in [-0.39, 0.29) is 12.2 Å². The molecular weight excluding hydrogens is 212 g/mol. The largest absolute Gasteiger partial charge is 0.386 e. The van der Waals surface area contributed by atoms with Crippen molar-refractivity contribution in [3.05, 3.63) is 36.0 Å². The molecule has 1 aliphatic rings. The highest BCUT2D eigenvalue weighted by Gasteiger charge is 2.26. The molecule has 0 aromatic heterocycles. The predicted molar refractivity (Wildman–Crippen MR) is 71.9 cm³/mol. The summed E-state index contributed by atoms with van der Waals surface area (Å²) in [6, 6.07) is 0. The van der Waals surface area contributed by atoms with E-state index in [1.807, 2.05) is 0 Å². The van der Waals surface area contributed by atoms with Gasteiger partial charge >= 0.3 is 0 Å². The highest BCUT2D eigenvalue weighted by molar-refractivity contribution is 5.14. The van der Waals surface area contributed by atoms with E-state index in [1.54, 1.807) is 13.0 Å². The molecule has 0 saturated heterocycles. The molecular formula is C15H24O2. The Balaban J connectivity index is 2.72. The minimum Gasteiger partial charge on any atom is -0.386 e. The van der Waals surface area contributed by atoms with Crippen LogP contribution in [0.3, 0.4) is 0 Å². The molecule has 0 saturated carbocycles. The van der Waals surface area contributed by atoms with Crippen molar-refractivity contribution in [3.63, 3.8) is 0 Å². The Hall–Kier alpha value is -0.860.